The minimum atomic E-state index is -0.281. The summed E-state index contributed by atoms with van der Waals surface area (Å²) in [5.74, 6) is 0. The summed E-state index contributed by atoms with van der Waals surface area (Å²) in [7, 11) is 2.59. The molecule has 87 valence electrons. The molecule has 3 nitrogen and oxygen atoms in total. The molecule has 0 fully saturated rings. The molecule has 6 heteroatoms. The van der Waals surface area contributed by atoms with Crippen LogP contribution in [0.3, 0.4) is 0 Å². The van der Waals surface area contributed by atoms with Gasteiger partial charge in [0.2, 0.25) is 9.76 Å². The first-order chi connectivity index (χ1) is 7.31. The summed E-state index contributed by atoms with van der Waals surface area (Å²) in [4.78, 5) is 0. The van der Waals surface area contributed by atoms with E-state index in [9.17, 15) is 0 Å². The van der Waals surface area contributed by atoms with Crippen molar-refractivity contribution in [3.05, 3.63) is 0 Å². The highest BCUT2D eigenvalue weighted by Gasteiger charge is 2.04. The maximum absolute atomic E-state index is 5.58. The van der Waals surface area contributed by atoms with Gasteiger partial charge in [-0.2, -0.15) is 0 Å². The molecule has 0 N–H and O–H groups in total. The van der Waals surface area contributed by atoms with Gasteiger partial charge in [-0.1, -0.05) is 19.0 Å². The van der Waals surface area contributed by atoms with Gasteiger partial charge < -0.3 is 13.6 Å². The Labute approximate surface area is 100 Å². The Kier molecular flexibility index (Phi) is 13.0. The summed E-state index contributed by atoms with van der Waals surface area (Å²) in [5.41, 5.74) is 0. The van der Waals surface area contributed by atoms with E-state index in [-0.39, 0.29) is 8.80 Å². The first-order valence-corrected chi connectivity index (χ1v) is 10.2. The molecule has 0 aromatic carbocycles. The molecule has 0 amide bonds. The van der Waals surface area contributed by atoms with Gasteiger partial charge in [-0.05, 0) is 13.0 Å². The van der Waals surface area contributed by atoms with E-state index in [1.807, 2.05) is 6.55 Å². The second-order valence-corrected chi connectivity index (χ2v) is 7.60. The molecule has 15 heavy (non-hydrogen) atoms. The van der Waals surface area contributed by atoms with Crippen molar-refractivity contribution in [2.24, 2.45) is 0 Å². The Morgan fingerprint density at radius 2 is 2.00 bits per heavy atom. The van der Waals surface area contributed by atoms with Gasteiger partial charge in [0.1, 0.15) is 0 Å². The van der Waals surface area contributed by atoms with Crippen LogP contribution in [0.4, 0.5) is 0 Å². The average molecular weight is 262 g/mol. The fourth-order valence-electron chi connectivity index (χ4n) is 1.06. The largest absolute Gasteiger partial charge is 0.419 e. The van der Waals surface area contributed by atoms with Crippen molar-refractivity contribution in [1.29, 1.82) is 0 Å². The third-order valence-electron chi connectivity index (χ3n) is 1.90. The van der Waals surface area contributed by atoms with Gasteiger partial charge >= 0.3 is 0 Å². The lowest BCUT2D eigenvalue weighted by Crippen LogP contribution is -2.20. The number of ether oxygens (including phenoxy) is 1. The van der Waals surface area contributed by atoms with Crippen LogP contribution in [0.2, 0.25) is 19.1 Å². The summed E-state index contributed by atoms with van der Waals surface area (Å²) < 4.78 is 15.8. The molecule has 0 atom stereocenters. The van der Waals surface area contributed by atoms with Crippen LogP contribution in [0, 0.1) is 0 Å². The lowest BCUT2D eigenvalue weighted by Gasteiger charge is -2.09. The predicted octanol–water partition coefficient (Wildman–Crippen LogP) is 1.35. The molecule has 0 unspecified atom stereocenters. The Bertz CT molecular complexity index is 127. The summed E-state index contributed by atoms with van der Waals surface area (Å²) in [5, 5.41) is 0. The Balaban J connectivity index is 3.08. The van der Waals surface area contributed by atoms with E-state index in [0.717, 1.165) is 19.1 Å². The summed E-state index contributed by atoms with van der Waals surface area (Å²) in [6, 6.07) is 1.33. The molecular weight excluding hydrogens is 240 g/mol. The van der Waals surface area contributed by atoms with Crippen molar-refractivity contribution >= 4 is 28.3 Å². The second-order valence-electron chi connectivity index (χ2n) is 3.33. The standard InChI is InChI=1S/C9H21O3Si3/c1-10-6-4-5-7-15(3)9-12-14-8-11-13-2/h4-9H2,1-3H3. The lowest BCUT2D eigenvalue weighted by atomic mass is 10.4. The SMILES string of the molecule is COCCCC[Si](C)CO[Si]CO[Si]C. The van der Waals surface area contributed by atoms with Gasteiger partial charge in [0, 0.05) is 19.9 Å². The fourth-order valence-corrected chi connectivity index (χ4v) is 4.35. The van der Waals surface area contributed by atoms with Crippen LogP contribution in [0.25, 0.3) is 0 Å². The highest BCUT2D eigenvalue weighted by molar-refractivity contribution is 6.57. The molecular formula is C9H21O3Si3. The van der Waals surface area contributed by atoms with Gasteiger partial charge in [-0.15, -0.1) is 0 Å². The highest BCUT2D eigenvalue weighted by Crippen LogP contribution is 2.01. The van der Waals surface area contributed by atoms with Gasteiger partial charge in [0.25, 0.3) is 9.76 Å². The molecule has 0 heterocycles. The normalized spacial score (nSPS) is 11.2. The third-order valence-corrected chi connectivity index (χ3v) is 5.36. The molecule has 0 aromatic rings. The highest BCUT2D eigenvalue weighted by atomic mass is 28.3. The van der Waals surface area contributed by atoms with E-state index in [1.54, 1.807) is 7.11 Å². The minimum absolute atomic E-state index is 0.281. The summed E-state index contributed by atoms with van der Waals surface area (Å²) in [6.07, 6.45) is 4.19. The molecule has 0 spiro atoms. The quantitative estimate of drug-likeness (QED) is 0.415. The Morgan fingerprint density at radius 1 is 1.20 bits per heavy atom. The average Bonchev–Trinajstić information content (AvgIpc) is 2.24. The van der Waals surface area contributed by atoms with Crippen molar-refractivity contribution in [2.45, 2.75) is 32.0 Å². The first-order valence-electron chi connectivity index (χ1n) is 5.24. The first kappa shape index (κ1) is 15.5. The van der Waals surface area contributed by atoms with Crippen LogP contribution < -0.4 is 0 Å². The van der Waals surface area contributed by atoms with Crippen LogP contribution in [-0.4, -0.2) is 54.5 Å². The van der Waals surface area contributed by atoms with E-state index in [4.69, 9.17) is 13.6 Å². The van der Waals surface area contributed by atoms with E-state index in [0.29, 0.717) is 19.5 Å². The topological polar surface area (TPSA) is 27.7 Å². The number of rotatable bonds is 11. The molecule has 0 rings (SSSR count). The van der Waals surface area contributed by atoms with E-state index < -0.39 is 0 Å². The van der Waals surface area contributed by atoms with Crippen LogP contribution in [0.5, 0.6) is 0 Å². The smallest absolute Gasteiger partial charge is 0.256 e. The number of hydrogen-bond acceptors (Lipinski definition) is 3. The zero-order valence-electron chi connectivity index (χ0n) is 9.97. The van der Waals surface area contributed by atoms with Crippen molar-refractivity contribution in [2.75, 3.05) is 26.2 Å². The van der Waals surface area contributed by atoms with Crippen molar-refractivity contribution in [3.63, 3.8) is 0 Å². The molecule has 5 radical (unpaired) electrons. The summed E-state index contributed by atoms with van der Waals surface area (Å²) in [6.45, 7) is 5.27. The van der Waals surface area contributed by atoms with Crippen molar-refractivity contribution < 1.29 is 13.6 Å². The zero-order chi connectivity index (χ0) is 11.4. The maximum atomic E-state index is 5.58. The van der Waals surface area contributed by atoms with E-state index in [1.165, 1.54) is 18.9 Å². The van der Waals surface area contributed by atoms with Crippen molar-refractivity contribution in [3.8, 4) is 0 Å². The van der Waals surface area contributed by atoms with Gasteiger partial charge in [0.05, 0.1) is 15.0 Å². The fraction of sp³-hybridized carbons (Fsp3) is 1.00. The molecule has 0 aliphatic carbocycles. The van der Waals surface area contributed by atoms with Crippen LogP contribution in [0.1, 0.15) is 12.8 Å². The van der Waals surface area contributed by atoms with Crippen LogP contribution in [0.15, 0.2) is 0 Å². The molecule has 0 saturated carbocycles. The minimum Gasteiger partial charge on any atom is -0.419 e. The lowest BCUT2D eigenvalue weighted by molar-refractivity contribution is 0.194. The molecule has 0 aliphatic heterocycles. The van der Waals surface area contributed by atoms with Crippen LogP contribution >= 0.6 is 0 Å². The number of hydrogen-bond donors (Lipinski definition) is 0. The Morgan fingerprint density at radius 3 is 2.67 bits per heavy atom. The number of unbranched alkanes of at least 4 members (excludes halogenated alkanes) is 1. The third kappa shape index (κ3) is 12.5. The van der Waals surface area contributed by atoms with Crippen LogP contribution in [-0.2, 0) is 13.6 Å². The molecule has 0 bridgehead atoms. The number of methoxy groups -OCH3 is 1. The predicted molar refractivity (Wildman–Crippen MR) is 66.8 cm³/mol. The van der Waals surface area contributed by atoms with Gasteiger partial charge in [-0.25, -0.2) is 0 Å². The van der Waals surface area contributed by atoms with Crippen molar-refractivity contribution in [1.82, 2.24) is 0 Å². The van der Waals surface area contributed by atoms with Gasteiger partial charge in [0.15, 0.2) is 0 Å². The maximum Gasteiger partial charge on any atom is 0.256 e. The molecule has 0 aliphatic rings. The second kappa shape index (κ2) is 12.6. The molecule has 0 aromatic heterocycles. The zero-order valence-corrected chi connectivity index (χ0v) is 13.0. The van der Waals surface area contributed by atoms with E-state index in [2.05, 4.69) is 6.55 Å². The van der Waals surface area contributed by atoms with Gasteiger partial charge in [-0.3, -0.25) is 0 Å². The summed E-state index contributed by atoms with van der Waals surface area (Å²) >= 11 is 0. The Hall–Kier alpha value is 0.531. The molecule has 0 saturated heterocycles. The van der Waals surface area contributed by atoms with E-state index >= 15 is 0 Å². The monoisotopic (exact) mass is 261 g/mol.